The predicted molar refractivity (Wildman–Crippen MR) is 197 cm³/mol. The molecule has 8 rings (SSSR count). The quantitative estimate of drug-likeness (QED) is 0.0479. The van der Waals surface area contributed by atoms with Crippen molar-refractivity contribution in [2.75, 3.05) is 6.73 Å². The zero-order valence-electron chi connectivity index (χ0n) is 29.2. The normalized spacial score (nSPS) is 22.0. The van der Waals surface area contributed by atoms with Crippen molar-refractivity contribution in [1.29, 1.82) is 0 Å². The summed E-state index contributed by atoms with van der Waals surface area (Å²) in [6, 6.07) is 23.9. The molecule has 272 valence electrons. The first-order valence-corrected chi connectivity index (χ1v) is 18.3. The van der Waals surface area contributed by atoms with Crippen LogP contribution in [0.3, 0.4) is 0 Å². The fourth-order valence-electron chi connectivity index (χ4n) is 9.32. The number of hydrogen-bond acceptors (Lipinski definition) is 9. The summed E-state index contributed by atoms with van der Waals surface area (Å²) in [6.45, 7) is -0.0187. The second-order valence-electron chi connectivity index (χ2n) is 14.6. The van der Waals surface area contributed by atoms with Crippen molar-refractivity contribution in [3.05, 3.63) is 119 Å². The van der Waals surface area contributed by atoms with Crippen LogP contribution < -0.4 is 15.2 Å². The van der Waals surface area contributed by atoms with Gasteiger partial charge in [0.05, 0.1) is 6.10 Å². The number of Topliss-reactive ketones (excluding diaryl/α,β-unsaturated/α-hetero) is 1. The standard InChI is InChI=1S/C43H47NO8/c44-25-52-38-20-26(12-16-35(38)47)11-14-31(46)22-36(48)32-15-13-28-21-34(43(17-4-5-18-43)29-8-2-1-3-9-29)40(32)33-23-37(49)41(50)42(39(28)33)51-24-27-7-6-10-30(45)19-27/h1-3,6-10,12-13,15-16,19-20,23,28,32,34,36,40,45,47-50H,4-5,11,14,17-18,21-22,24-25,44H2. The van der Waals surface area contributed by atoms with Gasteiger partial charge in [-0.2, -0.15) is 0 Å². The van der Waals surface area contributed by atoms with Crippen molar-refractivity contribution >= 4 is 5.78 Å². The Morgan fingerprint density at radius 1 is 0.865 bits per heavy atom. The number of aliphatic hydroxyl groups is 1. The number of benzene rings is 4. The average molecular weight is 706 g/mol. The Balaban J connectivity index is 1.23. The highest BCUT2D eigenvalue weighted by molar-refractivity contribution is 5.79. The molecule has 9 heteroatoms. The van der Waals surface area contributed by atoms with E-state index in [9.17, 15) is 30.3 Å². The number of allylic oxidation sites excluding steroid dienone is 1. The van der Waals surface area contributed by atoms with Gasteiger partial charge in [-0.15, -0.1) is 0 Å². The molecule has 0 aliphatic heterocycles. The van der Waals surface area contributed by atoms with Crippen LogP contribution in [0.5, 0.6) is 34.5 Å². The summed E-state index contributed by atoms with van der Waals surface area (Å²) in [5, 5.41) is 54.6. The molecule has 0 saturated heterocycles. The Hall–Kier alpha value is -4.99. The summed E-state index contributed by atoms with van der Waals surface area (Å²) >= 11 is 0. The number of nitrogens with two attached hydrogens (primary N) is 1. The van der Waals surface area contributed by atoms with Crippen molar-refractivity contribution in [3.63, 3.8) is 0 Å². The number of ether oxygens (including phenoxy) is 2. The van der Waals surface area contributed by atoms with Gasteiger partial charge in [0.2, 0.25) is 5.75 Å². The van der Waals surface area contributed by atoms with Crippen molar-refractivity contribution in [1.82, 2.24) is 0 Å². The first kappa shape index (κ1) is 35.4. The molecule has 0 radical (unpaired) electrons. The fraction of sp³-hybridized carbons (Fsp3) is 0.372. The van der Waals surface area contributed by atoms with Crippen molar-refractivity contribution in [2.24, 2.45) is 17.6 Å². The molecule has 0 heterocycles. The van der Waals surface area contributed by atoms with Crippen LogP contribution in [-0.2, 0) is 23.2 Å². The SMILES string of the molecule is NCOc1cc(CCC(=O)CC(O)C2C=CC3CC(C4(c5ccccc5)CCCC4)C2c2cc(O)c(O)c(OCc4cccc(O)c4)c23)ccc1O. The van der Waals surface area contributed by atoms with Crippen LogP contribution in [0, 0.1) is 11.8 Å². The Labute approximate surface area is 304 Å². The number of hydrogen-bond donors (Lipinski definition) is 6. The highest BCUT2D eigenvalue weighted by Crippen LogP contribution is 2.64. The molecule has 1 saturated carbocycles. The lowest BCUT2D eigenvalue weighted by atomic mass is 9.55. The van der Waals surface area contributed by atoms with E-state index >= 15 is 0 Å². The number of carbonyl (C=O) groups excluding carboxylic acids is 1. The van der Waals surface area contributed by atoms with E-state index in [-0.39, 0.29) is 89.6 Å². The predicted octanol–water partition coefficient (Wildman–Crippen LogP) is 7.22. The fourth-order valence-corrected chi connectivity index (χ4v) is 9.32. The van der Waals surface area contributed by atoms with Crippen LogP contribution in [0.4, 0.5) is 0 Å². The molecular formula is C43H47NO8. The van der Waals surface area contributed by atoms with Gasteiger partial charge in [0, 0.05) is 30.2 Å². The summed E-state index contributed by atoms with van der Waals surface area (Å²) in [7, 11) is 0. The third-order valence-electron chi connectivity index (χ3n) is 11.6. The lowest BCUT2D eigenvalue weighted by Gasteiger charge is -2.49. The maximum Gasteiger partial charge on any atom is 0.200 e. The number of ketones is 1. The third kappa shape index (κ3) is 6.83. The largest absolute Gasteiger partial charge is 0.508 e. The molecule has 9 nitrogen and oxygen atoms in total. The molecule has 4 aromatic rings. The Morgan fingerprint density at radius 3 is 2.40 bits per heavy atom. The minimum absolute atomic E-state index is 0.0244. The van der Waals surface area contributed by atoms with E-state index in [0.717, 1.165) is 48.8 Å². The van der Waals surface area contributed by atoms with Crippen LogP contribution in [0.15, 0.2) is 91.0 Å². The van der Waals surface area contributed by atoms with Gasteiger partial charge in [0.25, 0.3) is 0 Å². The molecule has 5 unspecified atom stereocenters. The first-order valence-electron chi connectivity index (χ1n) is 18.3. The summed E-state index contributed by atoms with van der Waals surface area (Å²) in [5.41, 5.74) is 9.72. The number of rotatable bonds is 13. The molecule has 0 amide bonds. The lowest BCUT2D eigenvalue weighted by Crippen LogP contribution is -2.43. The second-order valence-corrected chi connectivity index (χ2v) is 14.6. The maximum absolute atomic E-state index is 13.5. The number of fused-ring (bicyclic) bond motifs is 2. The van der Waals surface area contributed by atoms with Gasteiger partial charge >= 0.3 is 0 Å². The van der Waals surface area contributed by atoms with E-state index in [1.807, 2.05) is 18.2 Å². The van der Waals surface area contributed by atoms with Gasteiger partial charge in [-0.3, -0.25) is 10.5 Å². The van der Waals surface area contributed by atoms with Crippen molar-refractivity contribution < 1.29 is 39.8 Å². The molecule has 4 aromatic carbocycles. The lowest BCUT2D eigenvalue weighted by molar-refractivity contribution is -0.121. The number of aliphatic hydroxyl groups excluding tert-OH is 1. The van der Waals surface area contributed by atoms with E-state index in [0.29, 0.717) is 12.0 Å². The van der Waals surface area contributed by atoms with Crippen LogP contribution in [-0.4, -0.2) is 44.2 Å². The molecule has 4 aliphatic rings. The van der Waals surface area contributed by atoms with Crippen LogP contribution in [0.25, 0.3) is 0 Å². The Kier molecular flexibility index (Phi) is 10.2. The van der Waals surface area contributed by atoms with Crippen LogP contribution >= 0.6 is 0 Å². The molecule has 1 fully saturated rings. The average Bonchev–Trinajstić information content (AvgIpc) is 3.49. The number of phenolic OH excluding ortho intramolecular Hbond substituents is 4. The zero-order valence-corrected chi connectivity index (χ0v) is 29.2. The molecule has 2 bridgehead atoms. The van der Waals surface area contributed by atoms with Crippen LogP contribution in [0.1, 0.15) is 84.6 Å². The van der Waals surface area contributed by atoms with Crippen LogP contribution in [0.2, 0.25) is 0 Å². The summed E-state index contributed by atoms with van der Waals surface area (Å²) in [5.74, 6) is -1.01. The molecule has 5 atom stereocenters. The first-order chi connectivity index (χ1) is 25.2. The number of phenols is 4. The summed E-state index contributed by atoms with van der Waals surface area (Å²) in [4.78, 5) is 13.5. The Bertz CT molecular complexity index is 1940. The van der Waals surface area contributed by atoms with E-state index in [2.05, 4.69) is 30.3 Å². The number of aromatic hydroxyl groups is 4. The van der Waals surface area contributed by atoms with Gasteiger partial charge in [0.15, 0.2) is 23.0 Å². The van der Waals surface area contributed by atoms with E-state index in [1.54, 1.807) is 36.4 Å². The van der Waals surface area contributed by atoms with Gasteiger partial charge in [-0.05, 0) is 95.5 Å². The maximum atomic E-state index is 13.5. The highest BCUT2D eigenvalue weighted by Gasteiger charge is 2.54. The molecule has 0 spiro atoms. The zero-order chi connectivity index (χ0) is 36.4. The molecule has 0 aromatic heterocycles. The summed E-state index contributed by atoms with van der Waals surface area (Å²) in [6.07, 6.45) is 8.61. The Morgan fingerprint density at radius 2 is 1.65 bits per heavy atom. The second kappa shape index (κ2) is 14.9. The van der Waals surface area contributed by atoms with Gasteiger partial charge in [0.1, 0.15) is 24.9 Å². The van der Waals surface area contributed by atoms with Crippen molar-refractivity contribution in [3.8, 4) is 34.5 Å². The van der Waals surface area contributed by atoms with E-state index in [1.165, 1.54) is 11.6 Å². The van der Waals surface area contributed by atoms with Gasteiger partial charge in [-0.1, -0.05) is 73.5 Å². The molecule has 4 aliphatic carbocycles. The third-order valence-corrected chi connectivity index (χ3v) is 11.6. The molecular weight excluding hydrogens is 658 g/mol. The van der Waals surface area contributed by atoms with Gasteiger partial charge in [-0.25, -0.2) is 0 Å². The topological polar surface area (TPSA) is 163 Å². The van der Waals surface area contributed by atoms with Crippen molar-refractivity contribution in [2.45, 2.75) is 81.3 Å². The number of carbonyl (C=O) groups is 1. The minimum Gasteiger partial charge on any atom is -0.508 e. The van der Waals surface area contributed by atoms with E-state index in [4.69, 9.17) is 15.2 Å². The van der Waals surface area contributed by atoms with Gasteiger partial charge < -0.3 is 35.0 Å². The monoisotopic (exact) mass is 705 g/mol. The summed E-state index contributed by atoms with van der Waals surface area (Å²) < 4.78 is 11.6. The van der Waals surface area contributed by atoms with E-state index < -0.39 is 12.0 Å². The smallest absolute Gasteiger partial charge is 0.200 e. The minimum atomic E-state index is -1.00. The molecule has 52 heavy (non-hydrogen) atoms. The highest BCUT2D eigenvalue weighted by atomic mass is 16.5. The number of aryl methyl sites for hydroxylation is 1. The molecule has 7 N–H and O–H groups in total.